The maximum absolute atomic E-state index is 11.9. The summed E-state index contributed by atoms with van der Waals surface area (Å²) in [5, 5.41) is 8.82. The van der Waals surface area contributed by atoms with E-state index in [1.54, 1.807) is 0 Å². The maximum atomic E-state index is 11.9. The monoisotopic (exact) mass is 281 g/mol. The quantitative estimate of drug-likeness (QED) is 0.868. The molecule has 2 rings (SSSR count). The van der Waals surface area contributed by atoms with Gasteiger partial charge >= 0.3 is 0 Å². The number of likely N-dealkylation sites (tertiary alicyclic amines) is 1. The number of aliphatic hydroxyl groups excluding tert-OH is 1. The van der Waals surface area contributed by atoms with E-state index in [4.69, 9.17) is 14.3 Å². The highest BCUT2D eigenvalue weighted by Crippen LogP contribution is 2.11. The van der Waals surface area contributed by atoms with E-state index in [9.17, 15) is 9.59 Å². The molecule has 1 fully saturated rings. The Bertz CT molecular complexity index is 505. The van der Waals surface area contributed by atoms with Crippen LogP contribution in [-0.4, -0.2) is 35.6 Å². The number of piperidine rings is 1. The molecule has 0 aromatic carbocycles. The number of hydrogen-bond acceptors (Lipinski definition) is 5. The van der Waals surface area contributed by atoms with E-state index in [1.807, 2.05) is 4.90 Å². The van der Waals surface area contributed by atoms with Crippen molar-refractivity contribution >= 4 is 5.91 Å². The van der Waals surface area contributed by atoms with Crippen LogP contribution in [0.2, 0.25) is 0 Å². The fourth-order valence-corrected chi connectivity index (χ4v) is 2.18. The Kier molecular flexibility index (Phi) is 5.17. The van der Waals surface area contributed by atoms with Crippen LogP contribution in [0.4, 0.5) is 0 Å². The molecule has 0 bridgehead atoms. The van der Waals surface area contributed by atoms with Crippen LogP contribution in [0.5, 0.6) is 5.75 Å². The van der Waals surface area contributed by atoms with E-state index >= 15 is 0 Å². The average molecular weight is 281 g/mol. The molecule has 1 aromatic rings. The third-order valence-corrected chi connectivity index (χ3v) is 3.29. The summed E-state index contributed by atoms with van der Waals surface area (Å²) in [5.41, 5.74) is -0.356. The standard InChI is InChI=1S/C14H19NO5/c16-9-11-8-12(17)13(10-20-11)19-7-4-14(18)15-5-2-1-3-6-15/h8,10,16H,1-7,9H2. The molecule has 1 aliphatic rings. The van der Waals surface area contributed by atoms with Gasteiger partial charge in [-0.05, 0) is 19.3 Å². The number of aliphatic hydroxyl groups is 1. The zero-order chi connectivity index (χ0) is 14.4. The molecular formula is C14H19NO5. The predicted octanol–water partition coefficient (Wildman–Crippen LogP) is 0.913. The van der Waals surface area contributed by atoms with E-state index < -0.39 is 0 Å². The van der Waals surface area contributed by atoms with Crippen molar-refractivity contribution in [1.82, 2.24) is 4.90 Å². The van der Waals surface area contributed by atoms with Crippen LogP contribution in [0.25, 0.3) is 0 Å². The van der Waals surface area contributed by atoms with E-state index in [0.29, 0.717) is 0 Å². The molecule has 0 saturated carbocycles. The van der Waals surface area contributed by atoms with E-state index in [2.05, 4.69) is 0 Å². The first-order valence-electron chi connectivity index (χ1n) is 6.84. The summed E-state index contributed by atoms with van der Waals surface area (Å²) >= 11 is 0. The highest BCUT2D eigenvalue weighted by atomic mass is 16.5. The zero-order valence-corrected chi connectivity index (χ0v) is 11.3. The summed E-state index contributed by atoms with van der Waals surface area (Å²) in [6.07, 6.45) is 4.70. The number of rotatable bonds is 5. The Hall–Kier alpha value is -1.82. The minimum atomic E-state index is -0.356. The van der Waals surface area contributed by atoms with Crippen LogP contribution in [0.1, 0.15) is 31.4 Å². The summed E-state index contributed by atoms with van der Waals surface area (Å²) in [6.45, 7) is 1.44. The molecule has 0 radical (unpaired) electrons. The summed E-state index contributed by atoms with van der Waals surface area (Å²) in [6, 6.07) is 1.18. The molecule has 2 heterocycles. The molecule has 20 heavy (non-hydrogen) atoms. The lowest BCUT2D eigenvalue weighted by Gasteiger charge is -2.26. The van der Waals surface area contributed by atoms with Crippen molar-refractivity contribution in [3.8, 4) is 5.75 Å². The van der Waals surface area contributed by atoms with Crippen molar-refractivity contribution < 1.29 is 19.1 Å². The lowest BCUT2D eigenvalue weighted by molar-refractivity contribution is -0.132. The molecule has 0 aliphatic carbocycles. The first kappa shape index (κ1) is 14.6. The van der Waals surface area contributed by atoms with Gasteiger partial charge in [0.25, 0.3) is 0 Å². The van der Waals surface area contributed by atoms with Crippen molar-refractivity contribution in [1.29, 1.82) is 0 Å². The summed E-state index contributed by atoms with van der Waals surface area (Å²) in [7, 11) is 0. The molecule has 0 spiro atoms. The zero-order valence-electron chi connectivity index (χ0n) is 11.3. The van der Waals surface area contributed by atoms with Crippen LogP contribution in [0.3, 0.4) is 0 Å². The number of carbonyl (C=O) groups is 1. The van der Waals surface area contributed by atoms with Gasteiger partial charge in [0.05, 0.1) is 13.0 Å². The summed E-state index contributed by atoms with van der Waals surface area (Å²) in [4.78, 5) is 25.3. The van der Waals surface area contributed by atoms with E-state index in [0.717, 1.165) is 25.9 Å². The Labute approximate surface area is 117 Å². The van der Waals surface area contributed by atoms with Gasteiger partial charge < -0.3 is 19.2 Å². The molecule has 1 aromatic heterocycles. The third kappa shape index (κ3) is 3.84. The predicted molar refractivity (Wildman–Crippen MR) is 71.4 cm³/mol. The van der Waals surface area contributed by atoms with Crippen LogP contribution in [-0.2, 0) is 11.4 Å². The SMILES string of the molecule is O=C(CCOc1coc(CO)cc1=O)N1CCCCC1. The lowest BCUT2D eigenvalue weighted by atomic mass is 10.1. The number of amides is 1. The largest absolute Gasteiger partial charge is 0.486 e. The highest BCUT2D eigenvalue weighted by molar-refractivity contribution is 5.76. The molecule has 6 heteroatoms. The molecule has 1 saturated heterocycles. The fourth-order valence-electron chi connectivity index (χ4n) is 2.18. The van der Waals surface area contributed by atoms with Gasteiger partial charge in [0.1, 0.15) is 18.6 Å². The maximum Gasteiger partial charge on any atom is 0.227 e. The Balaban J connectivity index is 1.80. The topological polar surface area (TPSA) is 80.0 Å². The minimum absolute atomic E-state index is 0.0565. The number of nitrogens with zero attached hydrogens (tertiary/aromatic N) is 1. The van der Waals surface area contributed by atoms with Gasteiger partial charge in [-0.25, -0.2) is 0 Å². The molecule has 6 nitrogen and oxygen atoms in total. The van der Waals surface area contributed by atoms with Crippen LogP contribution < -0.4 is 10.2 Å². The molecular weight excluding hydrogens is 262 g/mol. The van der Waals surface area contributed by atoms with Crippen molar-refractivity contribution in [3.63, 3.8) is 0 Å². The molecule has 0 atom stereocenters. The minimum Gasteiger partial charge on any atom is -0.486 e. The molecule has 0 unspecified atom stereocenters. The Morgan fingerprint density at radius 2 is 2.10 bits per heavy atom. The van der Waals surface area contributed by atoms with Gasteiger partial charge in [-0.2, -0.15) is 0 Å². The van der Waals surface area contributed by atoms with Crippen LogP contribution >= 0.6 is 0 Å². The molecule has 1 N–H and O–H groups in total. The van der Waals surface area contributed by atoms with Gasteiger partial charge in [-0.3, -0.25) is 9.59 Å². The number of carbonyl (C=O) groups excluding carboxylic acids is 1. The number of hydrogen-bond donors (Lipinski definition) is 1. The lowest BCUT2D eigenvalue weighted by Crippen LogP contribution is -2.36. The fraction of sp³-hybridized carbons (Fsp3) is 0.571. The molecule has 1 amide bonds. The van der Waals surface area contributed by atoms with Gasteiger partial charge in [0, 0.05) is 19.2 Å². The highest BCUT2D eigenvalue weighted by Gasteiger charge is 2.16. The summed E-state index contributed by atoms with van der Waals surface area (Å²) < 4.78 is 10.3. The second-order valence-corrected chi connectivity index (χ2v) is 4.77. The van der Waals surface area contributed by atoms with E-state index in [-0.39, 0.29) is 42.5 Å². The Morgan fingerprint density at radius 1 is 1.35 bits per heavy atom. The van der Waals surface area contributed by atoms with Gasteiger partial charge in [0.15, 0.2) is 0 Å². The van der Waals surface area contributed by atoms with Gasteiger partial charge in [-0.1, -0.05) is 0 Å². The van der Waals surface area contributed by atoms with Crippen molar-refractivity contribution in [2.24, 2.45) is 0 Å². The second-order valence-electron chi connectivity index (χ2n) is 4.77. The van der Waals surface area contributed by atoms with Gasteiger partial charge in [-0.15, -0.1) is 0 Å². The normalized spacial score (nSPS) is 15.2. The number of ether oxygens (including phenoxy) is 1. The van der Waals surface area contributed by atoms with Gasteiger partial charge in [0.2, 0.25) is 17.1 Å². The van der Waals surface area contributed by atoms with Crippen molar-refractivity contribution in [3.05, 3.63) is 28.3 Å². The summed E-state index contributed by atoms with van der Waals surface area (Å²) in [5.74, 6) is 0.307. The van der Waals surface area contributed by atoms with E-state index in [1.165, 1.54) is 18.8 Å². The molecule has 1 aliphatic heterocycles. The first-order valence-corrected chi connectivity index (χ1v) is 6.84. The third-order valence-electron chi connectivity index (χ3n) is 3.29. The second kappa shape index (κ2) is 7.09. The van der Waals surface area contributed by atoms with Crippen molar-refractivity contribution in [2.45, 2.75) is 32.3 Å². The van der Waals surface area contributed by atoms with Crippen LogP contribution in [0.15, 0.2) is 21.5 Å². The smallest absolute Gasteiger partial charge is 0.227 e. The van der Waals surface area contributed by atoms with Crippen molar-refractivity contribution in [2.75, 3.05) is 19.7 Å². The average Bonchev–Trinajstić information content (AvgIpc) is 2.49. The Morgan fingerprint density at radius 3 is 2.75 bits per heavy atom. The molecule has 110 valence electrons. The van der Waals surface area contributed by atoms with Crippen LogP contribution in [0, 0.1) is 0 Å². The first-order chi connectivity index (χ1) is 9.70.